The molecule has 0 rings (SSSR count). The van der Waals surface area contributed by atoms with Gasteiger partial charge in [-0.25, -0.2) is 0 Å². The molecule has 0 spiro atoms. The van der Waals surface area contributed by atoms with Crippen molar-refractivity contribution < 1.29 is 9.59 Å². The molecule has 1 unspecified atom stereocenters. The molecule has 1 atom stereocenters. The molecule has 0 amide bonds. The van der Waals surface area contributed by atoms with Gasteiger partial charge in [-0.1, -0.05) is 13.3 Å². The lowest BCUT2D eigenvalue weighted by molar-refractivity contribution is -0.115. The second-order valence-electron chi connectivity index (χ2n) is 2.09. The highest BCUT2D eigenvalue weighted by atomic mass is 16.1. The molecule has 0 fully saturated rings. The minimum atomic E-state index is -0.0347. The second-order valence-corrected chi connectivity index (χ2v) is 2.09. The van der Waals surface area contributed by atoms with E-state index in [9.17, 15) is 9.59 Å². The predicted octanol–water partition coefficient (Wildman–Crippen LogP) is 1.19. The molecule has 0 aliphatic rings. The minimum absolute atomic E-state index is 0.0347. The lowest BCUT2D eigenvalue weighted by Gasteiger charge is -2.00. The van der Waals surface area contributed by atoms with Crippen LogP contribution in [0, 0.1) is 5.92 Å². The van der Waals surface area contributed by atoms with Gasteiger partial charge in [0.2, 0.25) is 0 Å². The third-order valence-electron chi connectivity index (χ3n) is 1.25. The molecule has 0 saturated carbocycles. The van der Waals surface area contributed by atoms with Crippen LogP contribution < -0.4 is 0 Å². The first-order chi connectivity index (χ1) is 4.35. The summed E-state index contributed by atoms with van der Waals surface area (Å²) in [6, 6.07) is 0. The molecule has 0 heterocycles. The van der Waals surface area contributed by atoms with Crippen LogP contribution in [0.15, 0.2) is 0 Å². The first-order valence-electron chi connectivity index (χ1n) is 3.24. The second kappa shape index (κ2) is 5.48. The normalized spacial score (nSPS) is 12.6. The smallest absolute Gasteiger partial charge is 0.123 e. The Morgan fingerprint density at radius 1 is 1.44 bits per heavy atom. The number of carbonyl (C=O) groups excluding carboxylic acids is 2. The fourth-order valence-electron chi connectivity index (χ4n) is 0.736. The van der Waals surface area contributed by atoms with Crippen molar-refractivity contribution in [1.82, 2.24) is 0 Å². The average molecular weight is 128 g/mol. The van der Waals surface area contributed by atoms with Crippen molar-refractivity contribution in [2.45, 2.75) is 26.2 Å². The maximum absolute atomic E-state index is 10.1. The van der Waals surface area contributed by atoms with Gasteiger partial charge in [-0.3, -0.25) is 0 Å². The maximum Gasteiger partial charge on any atom is 0.123 e. The van der Waals surface area contributed by atoms with E-state index in [2.05, 4.69) is 0 Å². The molecule has 2 heteroatoms. The highest BCUT2D eigenvalue weighted by molar-refractivity contribution is 5.61. The Morgan fingerprint density at radius 2 is 2.11 bits per heavy atom. The lowest BCUT2D eigenvalue weighted by atomic mass is 10.0. The molecule has 0 N–H and O–H groups in total. The van der Waals surface area contributed by atoms with Gasteiger partial charge >= 0.3 is 0 Å². The summed E-state index contributed by atoms with van der Waals surface area (Å²) in [5, 5.41) is 0. The Hall–Kier alpha value is -0.660. The van der Waals surface area contributed by atoms with Crippen molar-refractivity contribution in [3.8, 4) is 0 Å². The van der Waals surface area contributed by atoms with Crippen LogP contribution in [0.25, 0.3) is 0 Å². The Balaban J connectivity index is 3.40. The van der Waals surface area contributed by atoms with Crippen molar-refractivity contribution in [3.63, 3.8) is 0 Å². The van der Waals surface area contributed by atoms with Crippen LogP contribution in [0.5, 0.6) is 0 Å². The number of aldehydes is 2. The highest BCUT2D eigenvalue weighted by Gasteiger charge is 2.02. The van der Waals surface area contributed by atoms with Crippen molar-refractivity contribution >= 4 is 12.6 Å². The Bertz CT molecular complexity index is 88.9. The van der Waals surface area contributed by atoms with Crippen LogP contribution >= 0.6 is 0 Å². The molecule has 9 heavy (non-hydrogen) atoms. The van der Waals surface area contributed by atoms with Crippen molar-refractivity contribution in [2.75, 3.05) is 0 Å². The number of hydrogen-bond acceptors (Lipinski definition) is 2. The van der Waals surface area contributed by atoms with E-state index in [1.54, 1.807) is 0 Å². The quantitative estimate of drug-likeness (QED) is 0.521. The first kappa shape index (κ1) is 8.34. The molecule has 0 saturated heterocycles. The van der Waals surface area contributed by atoms with Crippen LogP contribution in [0.1, 0.15) is 26.2 Å². The average Bonchev–Trinajstić information content (AvgIpc) is 1.88. The summed E-state index contributed by atoms with van der Waals surface area (Å²) in [6.07, 6.45) is 3.85. The van der Waals surface area contributed by atoms with Gasteiger partial charge < -0.3 is 9.59 Å². The largest absolute Gasteiger partial charge is 0.303 e. The van der Waals surface area contributed by atoms with Crippen molar-refractivity contribution in [3.05, 3.63) is 0 Å². The molecule has 2 nitrogen and oxygen atoms in total. The van der Waals surface area contributed by atoms with Gasteiger partial charge in [0.05, 0.1) is 0 Å². The number of carbonyl (C=O) groups is 2. The maximum atomic E-state index is 10.1. The zero-order valence-electron chi connectivity index (χ0n) is 5.67. The fraction of sp³-hybridized carbons (Fsp3) is 0.714. The molecule has 0 aromatic carbocycles. The van der Waals surface area contributed by atoms with Gasteiger partial charge in [-0.05, 0) is 6.42 Å². The van der Waals surface area contributed by atoms with Gasteiger partial charge in [0, 0.05) is 12.3 Å². The predicted molar refractivity (Wildman–Crippen MR) is 35.1 cm³/mol. The van der Waals surface area contributed by atoms with E-state index in [1.807, 2.05) is 6.92 Å². The molecule has 0 aromatic rings. The molecule has 52 valence electrons. The summed E-state index contributed by atoms with van der Waals surface area (Å²) in [5.41, 5.74) is 0. The Morgan fingerprint density at radius 3 is 2.44 bits per heavy atom. The van der Waals surface area contributed by atoms with Crippen LogP contribution in [0.4, 0.5) is 0 Å². The van der Waals surface area contributed by atoms with E-state index < -0.39 is 0 Å². The van der Waals surface area contributed by atoms with E-state index in [4.69, 9.17) is 0 Å². The summed E-state index contributed by atoms with van der Waals surface area (Å²) in [4.78, 5) is 20.0. The topological polar surface area (TPSA) is 34.1 Å². The lowest BCUT2D eigenvalue weighted by Crippen LogP contribution is -2.01. The van der Waals surface area contributed by atoms with E-state index in [0.29, 0.717) is 6.42 Å². The third kappa shape index (κ3) is 3.88. The zero-order valence-corrected chi connectivity index (χ0v) is 5.67. The molecule has 0 aliphatic carbocycles. The molecular weight excluding hydrogens is 116 g/mol. The summed E-state index contributed by atoms with van der Waals surface area (Å²) >= 11 is 0. The van der Waals surface area contributed by atoms with Gasteiger partial charge in [0.1, 0.15) is 12.6 Å². The van der Waals surface area contributed by atoms with E-state index in [0.717, 1.165) is 25.4 Å². The zero-order chi connectivity index (χ0) is 7.11. The van der Waals surface area contributed by atoms with Gasteiger partial charge in [-0.2, -0.15) is 0 Å². The van der Waals surface area contributed by atoms with Crippen molar-refractivity contribution in [1.29, 1.82) is 0 Å². The monoisotopic (exact) mass is 128 g/mol. The Kier molecular flexibility index (Phi) is 5.07. The highest BCUT2D eigenvalue weighted by Crippen LogP contribution is 2.04. The summed E-state index contributed by atoms with van der Waals surface area (Å²) in [6.45, 7) is 2.00. The van der Waals surface area contributed by atoms with Crippen LogP contribution in [-0.4, -0.2) is 12.6 Å². The Labute approximate surface area is 55.3 Å². The number of hydrogen-bond donors (Lipinski definition) is 0. The first-order valence-corrected chi connectivity index (χ1v) is 3.24. The van der Waals surface area contributed by atoms with E-state index in [-0.39, 0.29) is 5.92 Å². The van der Waals surface area contributed by atoms with Crippen LogP contribution in [0.3, 0.4) is 0 Å². The third-order valence-corrected chi connectivity index (χ3v) is 1.25. The molecule has 0 radical (unpaired) electrons. The molecule has 0 aliphatic heterocycles. The summed E-state index contributed by atoms with van der Waals surface area (Å²) in [5.74, 6) is -0.0347. The molecule has 0 aromatic heterocycles. The van der Waals surface area contributed by atoms with Crippen LogP contribution in [-0.2, 0) is 9.59 Å². The fourth-order valence-corrected chi connectivity index (χ4v) is 0.736. The van der Waals surface area contributed by atoms with Gasteiger partial charge in [0.15, 0.2) is 0 Å². The molecule has 0 bridgehead atoms. The van der Waals surface area contributed by atoms with Gasteiger partial charge in [-0.15, -0.1) is 0 Å². The van der Waals surface area contributed by atoms with Gasteiger partial charge in [0.25, 0.3) is 0 Å². The minimum Gasteiger partial charge on any atom is -0.303 e. The van der Waals surface area contributed by atoms with Crippen LogP contribution in [0.2, 0.25) is 0 Å². The summed E-state index contributed by atoms with van der Waals surface area (Å²) < 4.78 is 0. The van der Waals surface area contributed by atoms with Crippen molar-refractivity contribution in [2.24, 2.45) is 5.92 Å². The van der Waals surface area contributed by atoms with E-state index in [1.165, 1.54) is 0 Å². The SMILES string of the molecule is CCCC(C=O)CC=O. The number of rotatable bonds is 5. The standard InChI is InChI=1S/C7H12O2/c1-2-3-7(6-9)4-5-8/h5-7H,2-4H2,1H3. The van der Waals surface area contributed by atoms with E-state index >= 15 is 0 Å². The summed E-state index contributed by atoms with van der Waals surface area (Å²) in [7, 11) is 0. The molecular formula is C7H12O2.